The van der Waals surface area contributed by atoms with E-state index in [1.165, 1.54) is 18.4 Å². The van der Waals surface area contributed by atoms with E-state index in [4.69, 9.17) is 0 Å². The summed E-state index contributed by atoms with van der Waals surface area (Å²) in [7, 11) is 0. The topological polar surface area (TPSA) is 61.1 Å². The monoisotopic (exact) mass is 417 g/mol. The van der Waals surface area contributed by atoms with Crippen molar-refractivity contribution in [2.24, 2.45) is 33.5 Å². The largest absolute Gasteiger partial charge is 0.504 e. The second kappa shape index (κ2) is 6.25. The van der Waals surface area contributed by atoms with Crippen molar-refractivity contribution >= 4 is 5.78 Å². The fourth-order valence-corrected chi connectivity index (χ4v) is 8.14. The maximum atomic E-state index is 12.5. The molecule has 3 nitrogen and oxygen atoms in total. The lowest BCUT2D eigenvalue weighted by Gasteiger charge is -2.64. The molecule has 6 atom stereocenters. The van der Waals surface area contributed by atoms with Gasteiger partial charge in [-0.25, -0.2) is 0 Å². The van der Waals surface area contributed by atoms with Crippen LogP contribution in [0.2, 0.25) is 0 Å². The van der Waals surface area contributed by atoms with Gasteiger partial charge in [-0.2, -0.15) is 5.26 Å². The van der Waals surface area contributed by atoms with Crippen LogP contribution in [-0.2, 0) is 4.79 Å². The predicted octanol–water partition coefficient (Wildman–Crippen LogP) is 6.75. The fourth-order valence-electron chi connectivity index (χ4n) is 8.14. The van der Waals surface area contributed by atoms with Gasteiger partial charge in [0.2, 0.25) is 5.78 Å². The van der Waals surface area contributed by atoms with Gasteiger partial charge in [0.25, 0.3) is 0 Å². The maximum absolute atomic E-state index is 12.5. The molecule has 3 saturated carbocycles. The number of aliphatic hydroxyl groups excluding tert-OH is 1. The van der Waals surface area contributed by atoms with Crippen LogP contribution in [0.3, 0.4) is 0 Å². The van der Waals surface area contributed by atoms with Gasteiger partial charge in [0.05, 0.1) is 11.5 Å². The van der Waals surface area contributed by atoms with Gasteiger partial charge >= 0.3 is 0 Å². The molecule has 0 spiro atoms. The third-order valence-electron chi connectivity index (χ3n) is 10.3. The van der Waals surface area contributed by atoms with Crippen molar-refractivity contribution in [1.29, 1.82) is 5.26 Å². The molecule has 6 unspecified atom stereocenters. The van der Waals surface area contributed by atoms with E-state index in [1.807, 2.05) is 6.92 Å². The van der Waals surface area contributed by atoms with Crippen molar-refractivity contribution in [2.75, 3.05) is 0 Å². The average molecular weight is 418 g/mol. The molecule has 164 valence electrons. The second-order valence-electron chi connectivity index (χ2n) is 12.1. The van der Waals surface area contributed by atoms with Crippen LogP contribution in [0.5, 0.6) is 0 Å². The summed E-state index contributed by atoms with van der Waals surface area (Å²) in [4.78, 5) is 12.5. The summed E-state index contributed by atoms with van der Waals surface area (Å²) in [5.74, 6) is 0.793. The molecule has 0 aromatic rings. The SMILES string of the molecule is CC1=C(O)C(=O)C=C2C1=CC=C1C2(C)CCC2C3CC(C)(C#N)CCC3(C)CCC12C. The zero-order valence-corrected chi connectivity index (χ0v) is 19.6. The summed E-state index contributed by atoms with van der Waals surface area (Å²) in [5, 5.41) is 20.1. The zero-order chi connectivity index (χ0) is 22.4. The summed E-state index contributed by atoms with van der Waals surface area (Å²) in [6, 6.07) is 2.65. The summed E-state index contributed by atoms with van der Waals surface area (Å²) >= 11 is 0. The van der Waals surface area contributed by atoms with E-state index in [0.717, 1.165) is 43.3 Å². The molecule has 3 fully saturated rings. The Morgan fingerprint density at radius 1 is 1.03 bits per heavy atom. The maximum Gasteiger partial charge on any atom is 0.220 e. The molecule has 0 saturated heterocycles. The minimum absolute atomic E-state index is 0.0912. The Hall–Kier alpha value is -2.08. The molecular weight excluding hydrogens is 382 g/mol. The number of fused-ring (bicyclic) bond motifs is 7. The van der Waals surface area contributed by atoms with Gasteiger partial charge in [0, 0.05) is 11.0 Å². The summed E-state index contributed by atoms with van der Waals surface area (Å²) in [6.07, 6.45) is 13.9. The molecule has 31 heavy (non-hydrogen) atoms. The van der Waals surface area contributed by atoms with Gasteiger partial charge in [0.15, 0.2) is 5.76 Å². The Bertz CT molecular complexity index is 1050. The number of nitrogens with zero attached hydrogens (tertiary/aromatic N) is 1. The van der Waals surface area contributed by atoms with Gasteiger partial charge in [0.1, 0.15) is 0 Å². The summed E-state index contributed by atoms with van der Waals surface area (Å²) < 4.78 is 0. The third-order valence-corrected chi connectivity index (χ3v) is 10.3. The lowest BCUT2D eigenvalue weighted by Crippen LogP contribution is -2.56. The molecule has 0 aromatic heterocycles. The summed E-state index contributed by atoms with van der Waals surface area (Å²) in [6.45, 7) is 11.3. The van der Waals surface area contributed by atoms with Gasteiger partial charge in [-0.15, -0.1) is 0 Å². The molecule has 5 rings (SSSR count). The highest BCUT2D eigenvalue weighted by Gasteiger charge is 2.61. The predicted molar refractivity (Wildman–Crippen MR) is 122 cm³/mol. The molecule has 0 aromatic carbocycles. The number of rotatable bonds is 0. The van der Waals surface area contributed by atoms with E-state index < -0.39 is 0 Å². The normalized spacial score (nSPS) is 46.5. The molecular formula is C28H35NO2. The van der Waals surface area contributed by atoms with Crippen LogP contribution in [0, 0.1) is 44.8 Å². The van der Waals surface area contributed by atoms with Gasteiger partial charge in [-0.05, 0) is 98.7 Å². The Morgan fingerprint density at radius 3 is 2.45 bits per heavy atom. The van der Waals surface area contributed by atoms with Crippen molar-refractivity contribution in [3.63, 3.8) is 0 Å². The first kappa shape index (κ1) is 20.8. The Labute approximate surface area is 186 Å². The first-order valence-corrected chi connectivity index (χ1v) is 12.0. The number of allylic oxidation sites excluding steroid dienone is 7. The van der Waals surface area contributed by atoms with Crippen LogP contribution >= 0.6 is 0 Å². The highest BCUT2D eigenvalue weighted by Crippen LogP contribution is 2.70. The molecule has 3 heteroatoms. The highest BCUT2D eigenvalue weighted by atomic mass is 16.3. The molecule has 0 amide bonds. The van der Waals surface area contributed by atoms with Gasteiger partial charge in [-0.1, -0.05) is 38.5 Å². The van der Waals surface area contributed by atoms with E-state index in [1.54, 1.807) is 6.08 Å². The molecule has 0 radical (unpaired) electrons. The molecule has 0 aliphatic heterocycles. The van der Waals surface area contributed by atoms with Gasteiger partial charge in [-0.3, -0.25) is 4.79 Å². The molecule has 0 heterocycles. The number of carbonyl (C=O) groups is 1. The zero-order valence-electron chi connectivity index (χ0n) is 19.6. The molecule has 1 N–H and O–H groups in total. The van der Waals surface area contributed by atoms with Crippen molar-refractivity contribution in [2.45, 2.75) is 79.6 Å². The molecule has 5 aliphatic rings. The number of carbonyl (C=O) groups excluding carboxylic acids is 1. The van der Waals surface area contributed by atoms with Crippen LogP contribution < -0.4 is 0 Å². The Balaban J connectivity index is 1.60. The smallest absolute Gasteiger partial charge is 0.220 e. The van der Waals surface area contributed by atoms with Crippen molar-refractivity contribution in [3.8, 4) is 6.07 Å². The number of hydrogen-bond acceptors (Lipinski definition) is 3. The van der Waals surface area contributed by atoms with Crippen molar-refractivity contribution < 1.29 is 9.90 Å². The standard InChI is InChI=1S/C28H35NO2/c1-17-18-6-7-23-27(4,20(18)14-22(30)24(17)31)9-8-19-21-15-25(2,16-29)10-11-26(21,3)12-13-28(19,23)5/h6-7,14,19,21,31H,8-13,15H2,1-5H3. The molecule has 0 bridgehead atoms. The van der Waals surface area contributed by atoms with E-state index in [2.05, 4.69) is 45.9 Å². The average Bonchev–Trinajstić information content (AvgIpc) is 2.73. The Morgan fingerprint density at radius 2 is 1.74 bits per heavy atom. The van der Waals surface area contributed by atoms with E-state index in [9.17, 15) is 15.2 Å². The number of hydrogen-bond donors (Lipinski definition) is 1. The van der Waals surface area contributed by atoms with Crippen LogP contribution in [0.15, 0.2) is 46.3 Å². The number of nitriles is 1. The quantitative estimate of drug-likeness (QED) is 0.474. The first-order valence-electron chi connectivity index (χ1n) is 12.0. The molecule has 5 aliphatic carbocycles. The number of aliphatic hydroxyl groups is 1. The van der Waals surface area contributed by atoms with Crippen molar-refractivity contribution in [3.05, 3.63) is 46.3 Å². The van der Waals surface area contributed by atoms with E-state index >= 15 is 0 Å². The van der Waals surface area contributed by atoms with Crippen LogP contribution in [0.1, 0.15) is 79.6 Å². The summed E-state index contributed by atoms with van der Waals surface area (Å²) in [5.41, 5.74) is 4.38. The first-order chi connectivity index (χ1) is 14.5. The lowest BCUT2D eigenvalue weighted by atomic mass is 9.40. The minimum Gasteiger partial charge on any atom is -0.504 e. The third kappa shape index (κ3) is 2.60. The number of ketones is 1. The van der Waals surface area contributed by atoms with Crippen LogP contribution in [0.4, 0.5) is 0 Å². The highest BCUT2D eigenvalue weighted by molar-refractivity contribution is 6.06. The van der Waals surface area contributed by atoms with Crippen LogP contribution in [0.25, 0.3) is 0 Å². The van der Waals surface area contributed by atoms with E-state index in [0.29, 0.717) is 22.8 Å². The minimum atomic E-state index is -0.257. The Kier molecular flexibility index (Phi) is 4.19. The fraction of sp³-hybridized carbons (Fsp3) is 0.643. The van der Waals surface area contributed by atoms with E-state index in [-0.39, 0.29) is 27.8 Å². The van der Waals surface area contributed by atoms with Crippen LogP contribution in [-0.4, -0.2) is 10.9 Å². The second-order valence-corrected chi connectivity index (χ2v) is 12.1. The lowest BCUT2D eigenvalue weighted by molar-refractivity contribution is -0.114. The van der Waals surface area contributed by atoms with Gasteiger partial charge < -0.3 is 5.11 Å². The van der Waals surface area contributed by atoms with Crippen molar-refractivity contribution in [1.82, 2.24) is 0 Å².